The van der Waals surface area contributed by atoms with Gasteiger partial charge in [0.2, 0.25) is 0 Å². The van der Waals surface area contributed by atoms with Crippen LogP contribution in [-0.4, -0.2) is 29.4 Å². The fourth-order valence-corrected chi connectivity index (χ4v) is 3.15. The lowest BCUT2D eigenvalue weighted by atomic mass is 10.1. The highest BCUT2D eigenvalue weighted by Gasteiger charge is 2.13. The third-order valence-corrected chi connectivity index (χ3v) is 4.42. The summed E-state index contributed by atoms with van der Waals surface area (Å²) in [6, 6.07) is 18.4. The summed E-state index contributed by atoms with van der Waals surface area (Å²) in [6.07, 6.45) is 3.52. The van der Waals surface area contributed by atoms with E-state index in [0.717, 1.165) is 22.2 Å². The minimum atomic E-state index is 0.673. The Morgan fingerprint density at radius 1 is 0.962 bits per heavy atom. The number of nitrogens with zero attached hydrogens (tertiary/aromatic N) is 6. The first-order chi connectivity index (χ1) is 12.8. The molecule has 0 fully saturated rings. The number of hydrogen-bond donors (Lipinski definition) is 0. The van der Waals surface area contributed by atoms with E-state index in [1.165, 1.54) is 11.1 Å². The van der Waals surface area contributed by atoms with Gasteiger partial charge in [0.25, 0.3) is 0 Å². The molecule has 0 spiro atoms. The maximum atomic E-state index is 4.73. The monoisotopic (exact) mass is 340 g/mol. The summed E-state index contributed by atoms with van der Waals surface area (Å²) in [5.74, 6) is 0.693. The minimum Gasteiger partial charge on any atom is -0.243 e. The molecule has 0 aliphatic rings. The highest BCUT2D eigenvalue weighted by Crippen LogP contribution is 2.22. The molecular formula is C20H16N6. The third kappa shape index (κ3) is 2.43. The molecule has 0 saturated carbocycles. The average molecular weight is 340 g/mol. The van der Waals surface area contributed by atoms with Crippen LogP contribution < -0.4 is 0 Å². The predicted molar refractivity (Wildman–Crippen MR) is 99.8 cm³/mol. The lowest BCUT2D eigenvalue weighted by Gasteiger charge is -2.02. The second-order valence-corrected chi connectivity index (χ2v) is 6.34. The zero-order chi connectivity index (χ0) is 17.5. The van der Waals surface area contributed by atoms with Gasteiger partial charge in [-0.2, -0.15) is 5.10 Å². The molecular weight excluding hydrogens is 324 g/mol. The Balaban J connectivity index is 1.62. The van der Waals surface area contributed by atoms with Gasteiger partial charge in [-0.15, -0.1) is 5.10 Å². The number of benzene rings is 2. The van der Waals surface area contributed by atoms with Crippen LogP contribution in [0.2, 0.25) is 0 Å². The van der Waals surface area contributed by atoms with Gasteiger partial charge in [-0.3, -0.25) is 0 Å². The molecule has 0 amide bonds. The van der Waals surface area contributed by atoms with Gasteiger partial charge in [0.05, 0.1) is 18.1 Å². The Kier molecular flexibility index (Phi) is 3.28. The topological polar surface area (TPSA) is 60.9 Å². The molecule has 0 aliphatic heterocycles. The van der Waals surface area contributed by atoms with E-state index in [1.807, 2.05) is 41.2 Å². The van der Waals surface area contributed by atoms with Gasteiger partial charge in [-0.05, 0) is 18.6 Å². The molecule has 26 heavy (non-hydrogen) atoms. The van der Waals surface area contributed by atoms with Crippen LogP contribution in [0.3, 0.4) is 0 Å². The normalized spacial score (nSPS) is 11.4. The number of rotatable bonds is 3. The van der Waals surface area contributed by atoms with Gasteiger partial charge in [-0.25, -0.2) is 19.2 Å². The van der Waals surface area contributed by atoms with Crippen molar-refractivity contribution in [2.24, 2.45) is 0 Å². The van der Waals surface area contributed by atoms with E-state index in [9.17, 15) is 0 Å². The fourth-order valence-electron chi connectivity index (χ4n) is 3.15. The lowest BCUT2D eigenvalue weighted by molar-refractivity contribution is 0.702. The van der Waals surface area contributed by atoms with Gasteiger partial charge >= 0.3 is 0 Å². The van der Waals surface area contributed by atoms with Gasteiger partial charge in [0.1, 0.15) is 6.33 Å². The molecule has 0 unspecified atom stereocenters. The molecule has 5 rings (SSSR count). The van der Waals surface area contributed by atoms with Crippen molar-refractivity contribution in [2.75, 3.05) is 0 Å². The van der Waals surface area contributed by atoms with E-state index in [2.05, 4.69) is 46.4 Å². The first-order valence-corrected chi connectivity index (χ1v) is 8.46. The summed E-state index contributed by atoms with van der Waals surface area (Å²) >= 11 is 0. The smallest absolute Gasteiger partial charge is 0.182 e. The molecule has 5 aromatic rings. The highest BCUT2D eigenvalue weighted by molar-refractivity contribution is 5.89. The van der Waals surface area contributed by atoms with Crippen LogP contribution in [0.25, 0.3) is 28.1 Å². The summed E-state index contributed by atoms with van der Waals surface area (Å²) < 4.78 is 3.61. The largest absolute Gasteiger partial charge is 0.243 e. The summed E-state index contributed by atoms with van der Waals surface area (Å²) in [5, 5.41) is 9.98. The van der Waals surface area contributed by atoms with Crippen LogP contribution in [0, 0.1) is 6.92 Å². The van der Waals surface area contributed by atoms with E-state index in [0.29, 0.717) is 12.4 Å². The van der Waals surface area contributed by atoms with Gasteiger partial charge in [-0.1, -0.05) is 54.1 Å². The molecule has 6 nitrogen and oxygen atoms in total. The van der Waals surface area contributed by atoms with Crippen molar-refractivity contribution in [1.29, 1.82) is 0 Å². The maximum absolute atomic E-state index is 4.73. The zero-order valence-electron chi connectivity index (χ0n) is 14.2. The standard InChI is InChI=1S/C20H16N6/c1-14-6-5-9-16(10-14)18-23-20-17-11-22-25(12-15-7-3-2-4-8-15)19(17)21-13-26(20)24-18/h2-11,13H,12H2,1H3. The first kappa shape index (κ1) is 14.8. The summed E-state index contributed by atoms with van der Waals surface area (Å²) in [4.78, 5) is 9.28. The van der Waals surface area contributed by atoms with Crippen molar-refractivity contribution in [3.63, 3.8) is 0 Å². The third-order valence-electron chi connectivity index (χ3n) is 4.42. The Morgan fingerprint density at radius 3 is 2.69 bits per heavy atom. The Morgan fingerprint density at radius 2 is 1.85 bits per heavy atom. The lowest BCUT2D eigenvalue weighted by Crippen LogP contribution is -2.03. The number of fused-ring (bicyclic) bond motifs is 3. The molecule has 0 N–H and O–H groups in total. The van der Waals surface area contributed by atoms with Gasteiger partial charge < -0.3 is 0 Å². The molecule has 2 aromatic carbocycles. The van der Waals surface area contributed by atoms with Crippen LogP contribution in [0.15, 0.2) is 67.1 Å². The summed E-state index contributed by atoms with van der Waals surface area (Å²) in [7, 11) is 0. The predicted octanol–water partition coefficient (Wildman–Crippen LogP) is 3.50. The number of aromatic nitrogens is 6. The molecule has 126 valence electrons. The second-order valence-electron chi connectivity index (χ2n) is 6.34. The fraction of sp³-hybridized carbons (Fsp3) is 0.100. The summed E-state index contributed by atoms with van der Waals surface area (Å²) in [6.45, 7) is 2.74. The molecule has 6 heteroatoms. The van der Waals surface area contributed by atoms with Crippen LogP contribution in [-0.2, 0) is 6.54 Å². The number of aryl methyl sites for hydroxylation is 1. The van der Waals surface area contributed by atoms with Crippen molar-refractivity contribution in [3.05, 3.63) is 78.2 Å². The molecule has 3 aromatic heterocycles. The van der Waals surface area contributed by atoms with Gasteiger partial charge in [0, 0.05) is 5.56 Å². The average Bonchev–Trinajstić information content (AvgIpc) is 3.26. The molecule has 0 bridgehead atoms. The van der Waals surface area contributed by atoms with Crippen LogP contribution >= 0.6 is 0 Å². The van der Waals surface area contributed by atoms with E-state index in [4.69, 9.17) is 4.98 Å². The molecule has 0 radical (unpaired) electrons. The Hall–Kier alpha value is -3.54. The highest BCUT2D eigenvalue weighted by atomic mass is 15.3. The van der Waals surface area contributed by atoms with E-state index in [-0.39, 0.29) is 0 Å². The second kappa shape index (κ2) is 5.77. The van der Waals surface area contributed by atoms with Crippen LogP contribution in [0.5, 0.6) is 0 Å². The molecule has 0 atom stereocenters. The van der Waals surface area contributed by atoms with Crippen molar-refractivity contribution in [3.8, 4) is 11.4 Å². The molecule has 0 saturated heterocycles. The first-order valence-electron chi connectivity index (χ1n) is 8.46. The Labute approximate surface area is 149 Å². The van der Waals surface area contributed by atoms with Crippen molar-refractivity contribution in [2.45, 2.75) is 13.5 Å². The van der Waals surface area contributed by atoms with Crippen molar-refractivity contribution < 1.29 is 0 Å². The maximum Gasteiger partial charge on any atom is 0.182 e. The Bertz CT molecular complexity index is 1220. The van der Waals surface area contributed by atoms with Crippen LogP contribution in [0.4, 0.5) is 0 Å². The quantitative estimate of drug-likeness (QED) is 0.504. The van der Waals surface area contributed by atoms with E-state index >= 15 is 0 Å². The van der Waals surface area contributed by atoms with Gasteiger partial charge in [0.15, 0.2) is 17.1 Å². The summed E-state index contributed by atoms with van der Waals surface area (Å²) in [5.41, 5.74) is 4.94. The van der Waals surface area contributed by atoms with Crippen molar-refractivity contribution >= 4 is 16.7 Å². The van der Waals surface area contributed by atoms with Crippen LogP contribution in [0.1, 0.15) is 11.1 Å². The molecule has 0 aliphatic carbocycles. The van der Waals surface area contributed by atoms with Crippen molar-refractivity contribution in [1.82, 2.24) is 29.4 Å². The zero-order valence-corrected chi connectivity index (χ0v) is 14.2. The number of hydrogen-bond acceptors (Lipinski definition) is 4. The van der Waals surface area contributed by atoms with E-state index < -0.39 is 0 Å². The SMILES string of the molecule is Cc1cccc(-c2nc3c4cnn(Cc5ccccc5)c4ncn3n2)c1. The van der Waals surface area contributed by atoms with E-state index in [1.54, 1.807) is 10.8 Å². The molecule has 3 heterocycles. The minimum absolute atomic E-state index is 0.673.